The molecule has 0 spiro atoms. The Bertz CT molecular complexity index is 1310. The van der Waals surface area contributed by atoms with Gasteiger partial charge in [-0.1, -0.05) is 35.0 Å². The molecule has 0 unspecified atom stereocenters. The molecule has 3 aromatic rings. The van der Waals surface area contributed by atoms with Crippen LogP contribution in [0.25, 0.3) is 0 Å². The lowest BCUT2D eigenvalue weighted by atomic mass is 9.92. The van der Waals surface area contributed by atoms with E-state index in [1.54, 1.807) is 0 Å². The van der Waals surface area contributed by atoms with Crippen molar-refractivity contribution < 1.29 is 22.7 Å². The molecule has 36 heavy (non-hydrogen) atoms. The van der Waals surface area contributed by atoms with Crippen molar-refractivity contribution >= 4 is 5.84 Å². The minimum Gasteiger partial charge on any atom is -0.437 e. The number of amidine groups is 1. The van der Waals surface area contributed by atoms with Gasteiger partial charge in [-0.05, 0) is 80.8 Å². The van der Waals surface area contributed by atoms with Crippen LogP contribution in [0.5, 0.6) is 11.6 Å². The number of alkyl halides is 3. The third kappa shape index (κ3) is 5.15. The van der Waals surface area contributed by atoms with Crippen molar-refractivity contribution in [2.45, 2.75) is 58.2 Å². The summed E-state index contributed by atoms with van der Waals surface area (Å²) in [7, 11) is 0. The van der Waals surface area contributed by atoms with E-state index < -0.39 is 11.7 Å². The molecule has 1 atom stereocenters. The topological polar surface area (TPSA) is 68.6 Å². The molecular formula is C27H27F3N4O2. The quantitative estimate of drug-likeness (QED) is 0.493. The lowest BCUT2D eigenvalue weighted by Crippen LogP contribution is -2.44. The zero-order chi connectivity index (χ0) is 25.3. The monoisotopic (exact) mass is 496 g/mol. The van der Waals surface area contributed by atoms with Crippen LogP contribution < -0.4 is 10.1 Å². The molecule has 9 heteroatoms. The molecule has 2 aromatic carbocycles. The zero-order valence-corrected chi connectivity index (χ0v) is 20.2. The van der Waals surface area contributed by atoms with Crippen molar-refractivity contribution in [1.82, 2.24) is 15.5 Å². The van der Waals surface area contributed by atoms with Crippen molar-refractivity contribution in [2.24, 2.45) is 5.16 Å². The van der Waals surface area contributed by atoms with E-state index in [1.165, 1.54) is 28.8 Å². The standard InChI is InChI=1S/C27H27F3N4O2/c1-16-10-11-18(17(2)12-16)13-20-15-35-34-25(31-20)24-22-8-3-4-9-23(22)32-33-26(24)36-21-7-5-6-19(14-21)27(28,29)30/h5-7,10-12,14,20H,3-4,8-9,13,15H2,1-2H3,(H,31,34)/t20-/m1/s1. The van der Waals surface area contributed by atoms with Gasteiger partial charge in [0.1, 0.15) is 12.4 Å². The number of nitrogens with zero attached hydrogens (tertiary/aromatic N) is 3. The van der Waals surface area contributed by atoms with Gasteiger partial charge in [-0.15, -0.1) is 5.10 Å². The van der Waals surface area contributed by atoms with Crippen LogP contribution >= 0.6 is 0 Å². The summed E-state index contributed by atoms with van der Waals surface area (Å²) in [5, 5.41) is 16.3. The number of benzene rings is 2. The highest BCUT2D eigenvalue weighted by molar-refractivity contribution is 6.02. The lowest BCUT2D eigenvalue weighted by molar-refractivity contribution is -0.137. The number of oxime groups is 1. The number of aryl methyl sites for hydroxylation is 3. The molecule has 1 aliphatic heterocycles. The van der Waals surface area contributed by atoms with Crippen molar-refractivity contribution in [3.8, 4) is 11.6 Å². The van der Waals surface area contributed by atoms with E-state index in [-0.39, 0.29) is 17.7 Å². The minimum absolute atomic E-state index is 0.0280. The van der Waals surface area contributed by atoms with Crippen LogP contribution in [0.4, 0.5) is 13.2 Å². The third-order valence-electron chi connectivity index (χ3n) is 6.57. The normalized spacial score (nSPS) is 17.5. The smallest absolute Gasteiger partial charge is 0.416 e. The van der Waals surface area contributed by atoms with Gasteiger partial charge in [-0.25, -0.2) is 0 Å². The van der Waals surface area contributed by atoms with E-state index in [4.69, 9.17) is 9.57 Å². The average molecular weight is 497 g/mol. The number of fused-ring (bicyclic) bond motifs is 1. The number of aromatic nitrogens is 2. The summed E-state index contributed by atoms with van der Waals surface area (Å²) in [5.74, 6) is 0.600. The summed E-state index contributed by atoms with van der Waals surface area (Å²) in [6.07, 6.45) is -0.250. The summed E-state index contributed by atoms with van der Waals surface area (Å²) >= 11 is 0. The summed E-state index contributed by atoms with van der Waals surface area (Å²) < 4.78 is 45.6. The second kappa shape index (κ2) is 9.79. The largest absolute Gasteiger partial charge is 0.437 e. The summed E-state index contributed by atoms with van der Waals surface area (Å²) in [5.41, 5.74) is 5.22. The fraction of sp³-hybridized carbons (Fsp3) is 0.370. The Labute approximate surface area is 207 Å². The second-order valence-electron chi connectivity index (χ2n) is 9.35. The van der Waals surface area contributed by atoms with Gasteiger partial charge in [0.2, 0.25) is 5.88 Å². The molecule has 1 aliphatic carbocycles. The average Bonchev–Trinajstić information content (AvgIpc) is 2.85. The van der Waals surface area contributed by atoms with E-state index in [0.717, 1.165) is 55.5 Å². The van der Waals surface area contributed by atoms with E-state index in [9.17, 15) is 13.2 Å². The number of halogens is 3. The maximum absolute atomic E-state index is 13.2. The van der Waals surface area contributed by atoms with Gasteiger partial charge in [-0.3, -0.25) is 0 Å². The van der Waals surface area contributed by atoms with Crippen molar-refractivity contribution in [3.05, 3.63) is 81.5 Å². The molecule has 0 radical (unpaired) electrons. The summed E-state index contributed by atoms with van der Waals surface area (Å²) in [6.45, 7) is 4.54. The highest BCUT2D eigenvalue weighted by Gasteiger charge is 2.32. The predicted molar refractivity (Wildman–Crippen MR) is 129 cm³/mol. The van der Waals surface area contributed by atoms with Crippen LogP contribution in [-0.4, -0.2) is 28.7 Å². The van der Waals surface area contributed by atoms with Gasteiger partial charge in [0.15, 0.2) is 5.84 Å². The van der Waals surface area contributed by atoms with Gasteiger partial charge in [0, 0.05) is 0 Å². The molecular weight excluding hydrogens is 469 g/mol. The first-order chi connectivity index (χ1) is 17.3. The van der Waals surface area contributed by atoms with Gasteiger partial charge >= 0.3 is 6.18 Å². The van der Waals surface area contributed by atoms with Crippen molar-refractivity contribution in [2.75, 3.05) is 6.61 Å². The van der Waals surface area contributed by atoms with Crippen LogP contribution in [0, 0.1) is 13.8 Å². The van der Waals surface area contributed by atoms with Crippen LogP contribution in [0.3, 0.4) is 0 Å². The Morgan fingerprint density at radius 3 is 2.69 bits per heavy atom. The molecule has 5 rings (SSSR count). The minimum atomic E-state index is -4.48. The van der Waals surface area contributed by atoms with Crippen molar-refractivity contribution in [3.63, 3.8) is 0 Å². The molecule has 188 valence electrons. The van der Waals surface area contributed by atoms with Gasteiger partial charge in [-0.2, -0.15) is 18.3 Å². The van der Waals surface area contributed by atoms with Crippen LogP contribution in [0.2, 0.25) is 0 Å². The number of rotatable bonds is 5. The molecule has 0 bridgehead atoms. The van der Waals surface area contributed by atoms with Gasteiger partial charge < -0.3 is 14.9 Å². The molecule has 2 heterocycles. The van der Waals surface area contributed by atoms with Crippen LogP contribution in [0.1, 0.15) is 51.9 Å². The van der Waals surface area contributed by atoms with Crippen molar-refractivity contribution in [1.29, 1.82) is 0 Å². The van der Waals surface area contributed by atoms with E-state index in [0.29, 0.717) is 18.0 Å². The molecule has 1 aromatic heterocycles. The number of hydrogen-bond acceptors (Lipinski definition) is 6. The Hall–Kier alpha value is -3.62. The summed E-state index contributed by atoms with van der Waals surface area (Å²) in [6, 6.07) is 11.1. The molecule has 0 amide bonds. The maximum Gasteiger partial charge on any atom is 0.416 e. The first-order valence-corrected chi connectivity index (χ1v) is 12.0. The number of nitrogens with one attached hydrogen (secondary N) is 1. The zero-order valence-electron chi connectivity index (χ0n) is 20.2. The Morgan fingerprint density at radius 1 is 1.06 bits per heavy atom. The van der Waals surface area contributed by atoms with Crippen LogP contribution in [-0.2, 0) is 30.3 Å². The van der Waals surface area contributed by atoms with Gasteiger partial charge in [0.25, 0.3) is 0 Å². The Kier molecular flexibility index (Phi) is 6.55. The second-order valence-corrected chi connectivity index (χ2v) is 9.35. The highest BCUT2D eigenvalue weighted by atomic mass is 19.4. The fourth-order valence-corrected chi connectivity index (χ4v) is 4.74. The number of ether oxygens (including phenoxy) is 1. The molecule has 0 fully saturated rings. The Balaban J connectivity index is 1.47. The van der Waals surface area contributed by atoms with E-state index in [2.05, 4.69) is 52.7 Å². The first kappa shape index (κ1) is 24.1. The number of hydrogen-bond donors (Lipinski definition) is 1. The summed E-state index contributed by atoms with van der Waals surface area (Å²) in [4.78, 5) is 5.62. The lowest BCUT2D eigenvalue weighted by Gasteiger charge is -2.27. The van der Waals surface area contributed by atoms with Gasteiger partial charge in [0.05, 0.1) is 22.9 Å². The van der Waals surface area contributed by atoms with E-state index in [1.807, 2.05) is 0 Å². The Morgan fingerprint density at radius 2 is 1.89 bits per heavy atom. The molecule has 1 N–H and O–H groups in total. The predicted octanol–water partition coefficient (Wildman–Crippen LogP) is 5.68. The fourth-order valence-electron chi connectivity index (χ4n) is 4.74. The van der Waals surface area contributed by atoms with Crippen LogP contribution in [0.15, 0.2) is 47.6 Å². The first-order valence-electron chi connectivity index (χ1n) is 12.0. The molecule has 0 saturated carbocycles. The highest BCUT2D eigenvalue weighted by Crippen LogP contribution is 2.35. The SMILES string of the molecule is Cc1ccc(C[C@@H]2CON=C(c3c(Oc4cccc(C(F)(F)F)c4)nnc4c3CCCC4)N2)c(C)c1. The third-order valence-corrected chi connectivity index (χ3v) is 6.57. The molecule has 2 aliphatic rings. The maximum atomic E-state index is 13.2. The molecule has 0 saturated heterocycles. The molecule has 6 nitrogen and oxygen atoms in total. The van der Waals surface area contributed by atoms with E-state index >= 15 is 0 Å².